The van der Waals surface area contributed by atoms with Crippen LogP contribution in [-0.4, -0.2) is 36.9 Å². The molecule has 19 heavy (non-hydrogen) atoms. The summed E-state index contributed by atoms with van der Waals surface area (Å²) < 4.78 is 4.89. The molecule has 1 aromatic carbocycles. The summed E-state index contributed by atoms with van der Waals surface area (Å²) in [5.74, 6) is -0.306. The van der Waals surface area contributed by atoms with Gasteiger partial charge < -0.3 is 20.9 Å². The average Bonchev–Trinajstić information content (AvgIpc) is 2.37. The number of carbonyl (C=O) groups excluding carboxylic acids is 1. The molecule has 1 rings (SSSR count). The average molecular weight is 287 g/mol. The molecule has 0 saturated heterocycles. The Morgan fingerprint density at radius 3 is 2.84 bits per heavy atom. The maximum Gasteiger partial charge on any atom is 0.251 e. The number of amides is 1. The first-order valence-electron chi connectivity index (χ1n) is 5.90. The van der Waals surface area contributed by atoms with Gasteiger partial charge in [-0.1, -0.05) is 11.6 Å². The molecule has 1 amide bonds. The van der Waals surface area contributed by atoms with Crippen LogP contribution in [0.2, 0.25) is 5.02 Å². The van der Waals surface area contributed by atoms with Crippen LogP contribution < -0.4 is 11.1 Å². The van der Waals surface area contributed by atoms with E-state index in [1.54, 1.807) is 26.2 Å². The lowest BCUT2D eigenvalue weighted by atomic mass is 10.0. The maximum absolute atomic E-state index is 11.9. The lowest BCUT2D eigenvalue weighted by Gasteiger charge is -2.23. The van der Waals surface area contributed by atoms with E-state index in [0.29, 0.717) is 29.3 Å². The number of nitrogen functional groups attached to an aromatic ring is 1. The van der Waals surface area contributed by atoms with Crippen LogP contribution in [0.15, 0.2) is 18.2 Å². The molecule has 0 heterocycles. The number of anilines is 1. The van der Waals surface area contributed by atoms with Crippen molar-refractivity contribution in [3.8, 4) is 0 Å². The van der Waals surface area contributed by atoms with E-state index in [1.165, 1.54) is 6.07 Å². The smallest absolute Gasteiger partial charge is 0.251 e. The number of hydrogen-bond donors (Lipinski definition) is 3. The van der Waals surface area contributed by atoms with Crippen molar-refractivity contribution >= 4 is 23.2 Å². The number of nitrogens with one attached hydrogen (secondary N) is 1. The second-order valence-electron chi connectivity index (χ2n) is 4.66. The topological polar surface area (TPSA) is 84.6 Å². The van der Waals surface area contributed by atoms with Crippen LogP contribution in [0.25, 0.3) is 0 Å². The predicted octanol–water partition coefficient (Wildman–Crippen LogP) is 1.44. The van der Waals surface area contributed by atoms with Crippen molar-refractivity contribution in [1.29, 1.82) is 0 Å². The zero-order valence-corrected chi connectivity index (χ0v) is 11.8. The number of nitrogens with two attached hydrogens (primary N) is 1. The summed E-state index contributed by atoms with van der Waals surface area (Å²) in [6.07, 6.45) is 0.437. The van der Waals surface area contributed by atoms with Crippen molar-refractivity contribution < 1.29 is 14.6 Å². The predicted molar refractivity (Wildman–Crippen MR) is 75.3 cm³/mol. The summed E-state index contributed by atoms with van der Waals surface area (Å²) in [6, 6.07) is 4.65. The van der Waals surface area contributed by atoms with Crippen molar-refractivity contribution in [1.82, 2.24) is 5.32 Å². The second kappa shape index (κ2) is 6.75. The van der Waals surface area contributed by atoms with Gasteiger partial charge in [0.15, 0.2) is 0 Å². The summed E-state index contributed by atoms with van der Waals surface area (Å²) >= 11 is 5.85. The van der Waals surface area contributed by atoms with E-state index in [2.05, 4.69) is 5.32 Å². The molecule has 5 nitrogen and oxygen atoms in total. The Labute approximate surface area is 117 Å². The third kappa shape index (κ3) is 5.06. The van der Waals surface area contributed by atoms with Crippen molar-refractivity contribution in [2.24, 2.45) is 0 Å². The van der Waals surface area contributed by atoms with Crippen molar-refractivity contribution in [3.05, 3.63) is 28.8 Å². The van der Waals surface area contributed by atoms with Crippen LogP contribution in [-0.2, 0) is 4.74 Å². The largest absolute Gasteiger partial charge is 0.398 e. The Morgan fingerprint density at radius 2 is 2.26 bits per heavy atom. The minimum Gasteiger partial charge on any atom is -0.398 e. The molecule has 0 fully saturated rings. The molecular weight excluding hydrogens is 268 g/mol. The summed E-state index contributed by atoms with van der Waals surface area (Å²) in [6.45, 7) is 2.20. The lowest BCUT2D eigenvalue weighted by molar-refractivity contribution is 0.0243. The molecule has 1 atom stereocenters. The fraction of sp³-hybridized carbons (Fsp3) is 0.462. The van der Waals surface area contributed by atoms with E-state index < -0.39 is 5.60 Å². The molecule has 4 N–H and O–H groups in total. The first kappa shape index (κ1) is 15.8. The Bertz CT molecular complexity index is 450. The zero-order chi connectivity index (χ0) is 14.5. The van der Waals surface area contributed by atoms with Crippen LogP contribution >= 0.6 is 11.6 Å². The molecule has 1 unspecified atom stereocenters. The Hall–Kier alpha value is -1.30. The molecule has 0 aromatic heterocycles. The molecule has 106 valence electrons. The lowest BCUT2D eigenvalue weighted by Crippen LogP contribution is -2.41. The molecule has 0 aliphatic heterocycles. The first-order chi connectivity index (χ1) is 8.85. The molecule has 0 aliphatic carbocycles. The highest BCUT2D eigenvalue weighted by Gasteiger charge is 2.21. The fourth-order valence-electron chi connectivity index (χ4n) is 1.45. The van der Waals surface area contributed by atoms with E-state index in [9.17, 15) is 9.90 Å². The highest BCUT2D eigenvalue weighted by molar-refractivity contribution is 6.33. The van der Waals surface area contributed by atoms with Gasteiger partial charge >= 0.3 is 0 Å². The normalized spacial score (nSPS) is 13.9. The summed E-state index contributed by atoms with van der Waals surface area (Å²) in [5.41, 5.74) is 5.38. The number of hydrogen-bond acceptors (Lipinski definition) is 4. The monoisotopic (exact) mass is 286 g/mol. The fourth-order valence-corrected chi connectivity index (χ4v) is 1.63. The van der Waals surface area contributed by atoms with Crippen LogP contribution in [0, 0.1) is 0 Å². The molecule has 6 heteroatoms. The van der Waals surface area contributed by atoms with Gasteiger partial charge in [-0.05, 0) is 25.1 Å². The summed E-state index contributed by atoms with van der Waals surface area (Å²) in [4.78, 5) is 11.9. The van der Waals surface area contributed by atoms with Gasteiger partial charge in [0.1, 0.15) is 0 Å². The van der Waals surface area contributed by atoms with Crippen molar-refractivity contribution in [2.75, 3.05) is 26.0 Å². The number of aliphatic hydroxyl groups is 1. The number of rotatable bonds is 6. The SMILES string of the molecule is COCCC(C)(O)CNC(=O)c1ccc(N)c(Cl)c1. The molecule has 0 spiro atoms. The van der Waals surface area contributed by atoms with Crippen LogP contribution in [0.5, 0.6) is 0 Å². The highest BCUT2D eigenvalue weighted by Crippen LogP contribution is 2.19. The van der Waals surface area contributed by atoms with Gasteiger partial charge in [0.05, 0.1) is 16.3 Å². The summed E-state index contributed by atoms with van der Waals surface area (Å²) in [5, 5.41) is 13.0. The zero-order valence-electron chi connectivity index (χ0n) is 11.1. The van der Waals surface area contributed by atoms with E-state index in [0.717, 1.165) is 0 Å². The number of carbonyl (C=O) groups is 1. The molecule has 0 aliphatic rings. The van der Waals surface area contributed by atoms with E-state index in [-0.39, 0.29) is 12.5 Å². The van der Waals surface area contributed by atoms with Gasteiger partial charge in [0, 0.05) is 32.2 Å². The van der Waals surface area contributed by atoms with E-state index in [1.807, 2.05) is 0 Å². The Kier molecular flexibility index (Phi) is 5.60. The number of methoxy groups -OCH3 is 1. The molecule has 0 bridgehead atoms. The standard InChI is InChI=1S/C13H19ClN2O3/c1-13(18,5-6-19-2)8-16-12(17)9-3-4-11(15)10(14)7-9/h3-4,7,18H,5-6,8,15H2,1-2H3,(H,16,17). The minimum absolute atomic E-state index is 0.136. The third-order valence-corrected chi connectivity index (χ3v) is 3.06. The molecule has 0 saturated carbocycles. The molecule has 1 aromatic rings. The first-order valence-corrected chi connectivity index (χ1v) is 6.28. The van der Waals surface area contributed by atoms with Gasteiger partial charge in [-0.25, -0.2) is 0 Å². The Balaban J connectivity index is 2.57. The third-order valence-electron chi connectivity index (χ3n) is 2.74. The van der Waals surface area contributed by atoms with Crippen LogP contribution in [0.3, 0.4) is 0 Å². The van der Waals surface area contributed by atoms with Crippen molar-refractivity contribution in [2.45, 2.75) is 18.9 Å². The van der Waals surface area contributed by atoms with Crippen molar-refractivity contribution in [3.63, 3.8) is 0 Å². The van der Waals surface area contributed by atoms with Gasteiger partial charge in [0.25, 0.3) is 5.91 Å². The van der Waals surface area contributed by atoms with Gasteiger partial charge in [-0.2, -0.15) is 0 Å². The number of halogens is 1. The number of ether oxygens (including phenoxy) is 1. The van der Waals surface area contributed by atoms with Gasteiger partial charge in [-0.3, -0.25) is 4.79 Å². The van der Waals surface area contributed by atoms with Gasteiger partial charge in [0.2, 0.25) is 0 Å². The highest BCUT2D eigenvalue weighted by atomic mass is 35.5. The molecule has 0 radical (unpaired) electrons. The number of benzene rings is 1. The minimum atomic E-state index is -1.01. The van der Waals surface area contributed by atoms with Crippen LogP contribution in [0.4, 0.5) is 5.69 Å². The van der Waals surface area contributed by atoms with Gasteiger partial charge in [-0.15, -0.1) is 0 Å². The van der Waals surface area contributed by atoms with Crippen LogP contribution in [0.1, 0.15) is 23.7 Å². The van der Waals surface area contributed by atoms with E-state index >= 15 is 0 Å². The maximum atomic E-state index is 11.9. The van der Waals surface area contributed by atoms with E-state index in [4.69, 9.17) is 22.1 Å². The quantitative estimate of drug-likeness (QED) is 0.691. The second-order valence-corrected chi connectivity index (χ2v) is 5.07. The Morgan fingerprint density at radius 1 is 1.58 bits per heavy atom. The summed E-state index contributed by atoms with van der Waals surface area (Å²) in [7, 11) is 1.56. The molecular formula is C13H19ClN2O3.